The predicted molar refractivity (Wildman–Crippen MR) is 142 cm³/mol. The first-order valence-electron chi connectivity index (χ1n) is 12.8. The van der Waals surface area contributed by atoms with Crippen molar-refractivity contribution >= 4 is 21.6 Å². The van der Waals surface area contributed by atoms with E-state index in [9.17, 15) is 13.2 Å². The van der Waals surface area contributed by atoms with E-state index in [1.807, 2.05) is 0 Å². The zero-order chi connectivity index (χ0) is 25.5. The van der Waals surface area contributed by atoms with Gasteiger partial charge in [0.05, 0.1) is 12.0 Å². The molecule has 2 heterocycles. The highest BCUT2D eigenvalue weighted by Crippen LogP contribution is 2.27. The van der Waals surface area contributed by atoms with Gasteiger partial charge in [0.25, 0.3) is 0 Å². The molecule has 0 aliphatic carbocycles. The number of nitrogens with zero attached hydrogens (tertiary/aromatic N) is 3. The molecule has 2 aliphatic heterocycles. The van der Waals surface area contributed by atoms with Crippen molar-refractivity contribution < 1.29 is 17.9 Å². The van der Waals surface area contributed by atoms with Crippen LogP contribution in [0.15, 0.2) is 47.4 Å². The van der Waals surface area contributed by atoms with Crippen LogP contribution in [0.2, 0.25) is 0 Å². The number of ether oxygens (including phenoxy) is 1. The largest absolute Gasteiger partial charge is 0.496 e. The smallest absolute Gasteiger partial charge is 0.243 e. The molecule has 0 spiro atoms. The van der Waals surface area contributed by atoms with Crippen LogP contribution < -0.4 is 15.0 Å². The fourth-order valence-corrected chi connectivity index (χ4v) is 6.36. The Morgan fingerprint density at radius 2 is 1.64 bits per heavy atom. The highest BCUT2D eigenvalue weighted by molar-refractivity contribution is 7.89. The number of carbonyl (C=O) groups excluding carboxylic acids is 1. The monoisotopic (exact) mass is 514 g/mol. The van der Waals surface area contributed by atoms with Gasteiger partial charge in [-0.2, -0.15) is 4.31 Å². The molecule has 2 aromatic carbocycles. The lowest BCUT2D eigenvalue weighted by Gasteiger charge is -2.34. The molecule has 0 atom stereocenters. The fourth-order valence-electron chi connectivity index (χ4n) is 4.79. The van der Waals surface area contributed by atoms with Crippen molar-refractivity contribution in [1.82, 2.24) is 14.5 Å². The number of benzene rings is 2. The van der Waals surface area contributed by atoms with Gasteiger partial charge in [-0.05, 0) is 67.8 Å². The molecular formula is C27H38N4O4S. The lowest BCUT2D eigenvalue weighted by molar-refractivity contribution is -0.121. The van der Waals surface area contributed by atoms with E-state index in [1.165, 1.54) is 5.69 Å². The summed E-state index contributed by atoms with van der Waals surface area (Å²) >= 11 is 0. The maximum absolute atomic E-state index is 13.1. The van der Waals surface area contributed by atoms with E-state index in [1.54, 1.807) is 29.6 Å². The number of rotatable bonds is 9. The molecule has 8 nitrogen and oxygen atoms in total. The SMILES string of the molecule is COc1ccc(S(=O)(=O)N2CCCCC2)cc1CCC(=O)NCc1ccc(N2CCN(C)CC2)cc1. The Kier molecular flexibility index (Phi) is 8.87. The molecule has 196 valence electrons. The minimum absolute atomic E-state index is 0.0792. The number of hydrogen-bond acceptors (Lipinski definition) is 6. The summed E-state index contributed by atoms with van der Waals surface area (Å²) in [6, 6.07) is 13.3. The summed E-state index contributed by atoms with van der Waals surface area (Å²) in [5, 5.41) is 2.98. The molecule has 9 heteroatoms. The lowest BCUT2D eigenvalue weighted by Crippen LogP contribution is -2.44. The predicted octanol–water partition coefficient (Wildman–Crippen LogP) is 2.87. The molecule has 1 amide bonds. The normalized spacial score (nSPS) is 17.7. The number of nitrogens with one attached hydrogen (secondary N) is 1. The van der Waals surface area contributed by atoms with Crippen molar-refractivity contribution in [2.45, 2.75) is 43.5 Å². The average Bonchev–Trinajstić information content (AvgIpc) is 2.91. The van der Waals surface area contributed by atoms with E-state index in [0.717, 1.165) is 56.6 Å². The summed E-state index contributed by atoms with van der Waals surface area (Å²) in [4.78, 5) is 17.6. The van der Waals surface area contributed by atoms with Crippen LogP contribution in [0, 0.1) is 0 Å². The third kappa shape index (κ3) is 6.57. The molecule has 0 unspecified atom stereocenters. The van der Waals surface area contributed by atoms with Gasteiger partial charge in [-0.15, -0.1) is 0 Å². The Morgan fingerprint density at radius 1 is 0.944 bits per heavy atom. The number of hydrogen-bond donors (Lipinski definition) is 1. The quantitative estimate of drug-likeness (QED) is 0.554. The molecule has 0 saturated carbocycles. The highest BCUT2D eigenvalue weighted by atomic mass is 32.2. The van der Waals surface area contributed by atoms with Crippen LogP contribution in [-0.2, 0) is 27.8 Å². The van der Waals surface area contributed by atoms with Gasteiger partial charge in [-0.25, -0.2) is 8.42 Å². The maximum Gasteiger partial charge on any atom is 0.243 e. The number of likely N-dealkylation sites (N-methyl/N-ethyl adjacent to an activating group) is 1. The Bertz CT molecular complexity index is 1120. The minimum atomic E-state index is -3.54. The molecule has 2 fully saturated rings. The third-order valence-electron chi connectivity index (χ3n) is 7.12. The van der Waals surface area contributed by atoms with Crippen LogP contribution in [0.4, 0.5) is 5.69 Å². The van der Waals surface area contributed by atoms with E-state index in [2.05, 4.69) is 46.4 Å². The van der Waals surface area contributed by atoms with Crippen LogP contribution >= 0.6 is 0 Å². The zero-order valence-corrected chi connectivity index (χ0v) is 22.2. The molecule has 2 saturated heterocycles. The first-order chi connectivity index (χ1) is 17.4. The standard InChI is InChI=1S/C27H38N4O4S/c1-29-16-18-30(19-17-29)24-9-6-22(7-10-24)21-28-27(32)13-8-23-20-25(11-12-26(23)35-2)36(33,34)31-14-4-3-5-15-31/h6-7,9-12,20H,3-5,8,13-19,21H2,1-2H3,(H,28,32). The van der Waals surface area contributed by atoms with Crippen molar-refractivity contribution in [2.75, 3.05) is 58.3 Å². The zero-order valence-electron chi connectivity index (χ0n) is 21.4. The van der Waals surface area contributed by atoms with Crippen molar-refractivity contribution in [3.63, 3.8) is 0 Å². The van der Waals surface area contributed by atoms with Crippen LogP contribution in [0.3, 0.4) is 0 Å². The highest BCUT2D eigenvalue weighted by Gasteiger charge is 2.26. The number of aryl methyl sites for hydroxylation is 1. The molecule has 2 aliphatic rings. The minimum Gasteiger partial charge on any atom is -0.496 e. The molecule has 4 rings (SSSR count). The Labute approximate surface area is 215 Å². The van der Waals surface area contributed by atoms with Gasteiger partial charge in [0, 0.05) is 57.9 Å². The first-order valence-corrected chi connectivity index (χ1v) is 14.3. The summed E-state index contributed by atoms with van der Waals surface area (Å²) in [5.74, 6) is 0.518. The van der Waals surface area contributed by atoms with Gasteiger partial charge < -0.3 is 19.9 Å². The maximum atomic E-state index is 13.1. The summed E-state index contributed by atoms with van der Waals surface area (Å²) in [6.45, 7) is 5.76. The number of carbonyl (C=O) groups is 1. The Balaban J connectivity index is 1.31. The second-order valence-electron chi connectivity index (χ2n) is 9.67. The summed E-state index contributed by atoms with van der Waals surface area (Å²) in [5.41, 5.74) is 2.99. The molecule has 0 radical (unpaired) electrons. The summed E-state index contributed by atoms with van der Waals surface area (Å²) < 4.78 is 33.2. The first kappa shape index (κ1) is 26.4. The van der Waals surface area contributed by atoms with Crippen LogP contribution in [0.1, 0.15) is 36.8 Å². The van der Waals surface area contributed by atoms with Gasteiger partial charge in [0.1, 0.15) is 5.75 Å². The van der Waals surface area contributed by atoms with Gasteiger partial charge >= 0.3 is 0 Å². The average molecular weight is 515 g/mol. The van der Waals surface area contributed by atoms with E-state index in [4.69, 9.17) is 4.74 Å². The molecular weight excluding hydrogens is 476 g/mol. The molecule has 0 bridgehead atoms. The van der Waals surface area contributed by atoms with Crippen molar-refractivity contribution in [3.8, 4) is 5.75 Å². The van der Waals surface area contributed by atoms with E-state index >= 15 is 0 Å². The number of amides is 1. The van der Waals surface area contributed by atoms with Gasteiger partial charge in [-0.1, -0.05) is 18.6 Å². The van der Waals surface area contributed by atoms with Crippen LogP contribution in [-0.4, -0.2) is 77.0 Å². The number of anilines is 1. The fraction of sp³-hybridized carbons (Fsp3) is 0.519. The Morgan fingerprint density at radius 3 is 2.31 bits per heavy atom. The second-order valence-corrected chi connectivity index (χ2v) is 11.6. The molecule has 0 aromatic heterocycles. The lowest BCUT2D eigenvalue weighted by atomic mass is 10.1. The van der Waals surface area contributed by atoms with E-state index in [-0.39, 0.29) is 17.2 Å². The van der Waals surface area contributed by atoms with Gasteiger partial charge in [0.15, 0.2) is 0 Å². The topological polar surface area (TPSA) is 82.2 Å². The number of piperazine rings is 1. The second kappa shape index (κ2) is 12.1. The molecule has 1 N–H and O–H groups in total. The van der Waals surface area contributed by atoms with Crippen LogP contribution in [0.25, 0.3) is 0 Å². The number of piperidine rings is 1. The molecule has 2 aromatic rings. The van der Waals surface area contributed by atoms with Crippen LogP contribution in [0.5, 0.6) is 5.75 Å². The molecule has 36 heavy (non-hydrogen) atoms. The van der Waals surface area contributed by atoms with Gasteiger partial charge in [0.2, 0.25) is 15.9 Å². The van der Waals surface area contributed by atoms with Crippen molar-refractivity contribution in [3.05, 3.63) is 53.6 Å². The summed E-state index contributed by atoms with van der Waals surface area (Å²) in [7, 11) is 0.168. The van der Waals surface area contributed by atoms with E-state index in [0.29, 0.717) is 31.8 Å². The third-order valence-corrected chi connectivity index (χ3v) is 9.02. The van der Waals surface area contributed by atoms with Crippen molar-refractivity contribution in [2.24, 2.45) is 0 Å². The van der Waals surface area contributed by atoms with E-state index < -0.39 is 10.0 Å². The Hall–Kier alpha value is -2.62. The van der Waals surface area contributed by atoms with Crippen molar-refractivity contribution in [1.29, 1.82) is 0 Å². The number of sulfonamides is 1. The summed E-state index contributed by atoms with van der Waals surface area (Å²) in [6.07, 6.45) is 3.50. The van der Waals surface area contributed by atoms with Gasteiger partial charge in [-0.3, -0.25) is 4.79 Å². The number of methoxy groups -OCH3 is 1.